The molecular formula is C31H38FN5O2. The maximum absolute atomic E-state index is 15.1. The van der Waals surface area contributed by atoms with Gasteiger partial charge in [0.2, 0.25) is 0 Å². The van der Waals surface area contributed by atoms with Gasteiger partial charge >= 0.3 is 0 Å². The van der Waals surface area contributed by atoms with E-state index in [1.165, 1.54) is 17.0 Å². The molecule has 1 aromatic carbocycles. The number of anilines is 1. The number of hydrogen-bond acceptors (Lipinski definition) is 5. The topological polar surface area (TPSA) is 69.9 Å². The highest BCUT2D eigenvalue weighted by molar-refractivity contribution is 5.94. The Morgan fingerprint density at radius 1 is 1.28 bits per heavy atom. The molecule has 0 fully saturated rings. The van der Waals surface area contributed by atoms with Crippen molar-refractivity contribution < 1.29 is 9.18 Å². The number of aryl methyl sites for hydroxylation is 1. The molecule has 206 valence electrons. The first kappa shape index (κ1) is 29.5. The number of nitrogens with one attached hydrogen (secondary N) is 1. The lowest BCUT2D eigenvalue weighted by Gasteiger charge is -2.31. The smallest absolute Gasteiger partial charge is 0.257 e. The number of allylic oxidation sites excluding steroid dienone is 4. The molecule has 2 aromatic rings. The van der Waals surface area contributed by atoms with E-state index in [9.17, 15) is 9.59 Å². The summed E-state index contributed by atoms with van der Waals surface area (Å²) in [6, 6.07) is 6.55. The molecule has 39 heavy (non-hydrogen) atoms. The van der Waals surface area contributed by atoms with E-state index in [1.54, 1.807) is 57.3 Å². The fraction of sp³-hybridized carbons (Fsp3) is 0.323. The van der Waals surface area contributed by atoms with Gasteiger partial charge in [-0.3, -0.25) is 24.0 Å². The summed E-state index contributed by atoms with van der Waals surface area (Å²) in [6.45, 7) is 9.57. The lowest BCUT2D eigenvalue weighted by Crippen LogP contribution is -2.35. The van der Waals surface area contributed by atoms with E-state index in [-0.39, 0.29) is 23.3 Å². The zero-order chi connectivity index (χ0) is 28.7. The highest BCUT2D eigenvalue weighted by Crippen LogP contribution is 2.30. The van der Waals surface area contributed by atoms with E-state index in [2.05, 4.69) is 40.9 Å². The second kappa shape index (κ2) is 13.2. The van der Waals surface area contributed by atoms with Crippen LogP contribution in [0.4, 0.5) is 10.1 Å². The van der Waals surface area contributed by atoms with Crippen molar-refractivity contribution in [1.82, 2.24) is 14.4 Å². The summed E-state index contributed by atoms with van der Waals surface area (Å²) in [7, 11) is 6.75. The van der Waals surface area contributed by atoms with Crippen molar-refractivity contribution in [2.45, 2.75) is 26.3 Å². The van der Waals surface area contributed by atoms with Gasteiger partial charge in [-0.15, -0.1) is 0 Å². The minimum atomic E-state index is -0.364. The fourth-order valence-corrected chi connectivity index (χ4v) is 4.60. The predicted molar refractivity (Wildman–Crippen MR) is 160 cm³/mol. The lowest BCUT2D eigenvalue weighted by molar-refractivity contribution is 0.0827. The van der Waals surface area contributed by atoms with Crippen molar-refractivity contribution in [2.75, 3.05) is 46.6 Å². The van der Waals surface area contributed by atoms with E-state index in [0.29, 0.717) is 35.4 Å². The van der Waals surface area contributed by atoms with Crippen LogP contribution in [0.25, 0.3) is 11.3 Å². The standard InChI is InChI=1S/C31H38FN5O2/c1-21(28(10-14-33-4)37-17-13-26(34-5)20-29(37)38)8-9-23(3)36-15-11-24(12-16-36)30-22(2)18-25(19-27(30)32)31(39)35(6)7/h8-11,13-14,17-20,23,34H,1,12,15-16H2,2-7H3/b9-8+,28-10+,33-14?. The Morgan fingerprint density at radius 2 is 2.03 bits per heavy atom. The molecule has 1 N–H and O–H groups in total. The Kier molecular flexibility index (Phi) is 9.95. The van der Waals surface area contributed by atoms with Gasteiger partial charge in [-0.2, -0.15) is 0 Å². The van der Waals surface area contributed by atoms with E-state index >= 15 is 4.39 Å². The SMILES string of the molecule is C=C(/C=C/C(C)N1CC=C(c2c(C)cc(C(=O)N(C)C)cc2F)CC1)/C(=C\C=NC)n1ccc(NC)cc1=O. The van der Waals surface area contributed by atoms with Crippen molar-refractivity contribution >= 4 is 29.1 Å². The molecule has 8 heteroatoms. The summed E-state index contributed by atoms with van der Waals surface area (Å²) in [5, 5.41) is 2.97. The molecule has 0 radical (unpaired) electrons. The van der Waals surface area contributed by atoms with Crippen LogP contribution in [0.5, 0.6) is 0 Å². The average Bonchev–Trinajstić information content (AvgIpc) is 2.91. The van der Waals surface area contributed by atoms with Crippen molar-refractivity contribution in [3.05, 3.63) is 99.8 Å². The number of carbonyl (C=O) groups is 1. The maximum atomic E-state index is 15.1. The van der Waals surface area contributed by atoms with Crippen molar-refractivity contribution in [3.8, 4) is 0 Å². The van der Waals surface area contributed by atoms with Gasteiger partial charge in [0.1, 0.15) is 5.82 Å². The van der Waals surface area contributed by atoms with Crippen LogP contribution in [0.1, 0.15) is 34.8 Å². The summed E-state index contributed by atoms with van der Waals surface area (Å²) in [5.74, 6) is -0.577. The largest absolute Gasteiger partial charge is 0.388 e. The molecule has 0 bridgehead atoms. The molecule has 0 saturated heterocycles. The molecule has 2 heterocycles. The van der Waals surface area contributed by atoms with Gasteiger partial charge in [0, 0.05) is 82.6 Å². The molecule has 1 aromatic heterocycles. The number of rotatable bonds is 9. The van der Waals surface area contributed by atoms with Crippen LogP contribution in [0.2, 0.25) is 0 Å². The Hall–Kier alpha value is -4.04. The van der Waals surface area contributed by atoms with Gasteiger partial charge in [-0.1, -0.05) is 24.8 Å². The van der Waals surface area contributed by atoms with Gasteiger partial charge in [0.05, 0.1) is 5.70 Å². The fourth-order valence-electron chi connectivity index (χ4n) is 4.60. The number of aliphatic imine (C=N–C) groups is 1. The Labute approximate surface area is 230 Å². The van der Waals surface area contributed by atoms with Crippen molar-refractivity contribution in [3.63, 3.8) is 0 Å². The Balaban J connectivity index is 1.75. The number of amides is 1. The van der Waals surface area contributed by atoms with Crippen molar-refractivity contribution in [1.29, 1.82) is 0 Å². The number of pyridine rings is 1. The first-order valence-electron chi connectivity index (χ1n) is 12.9. The number of hydrogen-bond donors (Lipinski definition) is 1. The maximum Gasteiger partial charge on any atom is 0.257 e. The highest BCUT2D eigenvalue weighted by atomic mass is 19.1. The van der Waals surface area contributed by atoms with E-state index in [0.717, 1.165) is 23.4 Å². The van der Waals surface area contributed by atoms with E-state index in [1.807, 2.05) is 19.1 Å². The molecule has 0 spiro atoms. The number of nitrogens with zero attached hydrogens (tertiary/aromatic N) is 4. The molecule has 1 atom stereocenters. The van der Waals surface area contributed by atoms with Gasteiger partial charge < -0.3 is 10.2 Å². The van der Waals surface area contributed by atoms with Crippen LogP contribution in [0, 0.1) is 12.7 Å². The molecular weight excluding hydrogens is 493 g/mol. The molecule has 7 nitrogen and oxygen atoms in total. The quantitative estimate of drug-likeness (QED) is 0.370. The van der Waals surface area contributed by atoms with Crippen LogP contribution in [-0.4, -0.2) is 73.8 Å². The van der Waals surface area contributed by atoms with Crippen LogP contribution in [0.3, 0.4) is 0 Å². The number of halogens is 1. The molecule has 1 amide bonds. The third kappa shape index (κ3) is 7.09. The second-order valence-electron chi connectivity index (χ2n) is 9.78. The first-order valence-corrected chi connectivity index (χ1v) is 12.9. The van der Waals surface area contributed by atoms with E-state index in [4.69, 9.17) is 0 Å². The number of aromatic nitrogens is 1. The lowest BCUT2D eigenvalue weighted by atomic mass is 9.93. The minimum Gasteiger partial charge on any atom is -0.388 e. The van der Waals surface area contributed by atoms with Crippen molar-refractivity contribution in [2.24, 2.45) is 4.99 Å². The van der Waals surface area contributed by atoms with Crippen LogP contribution in [0.15, 0.2) is 76.7 Å². The zero-order valence-electron chi connectivity index (χ0n) is 23.7. The second-order valence-corrected chi connectivity index (χ2v) is 9.78. The molecule has 1 unspecified atom stereocenters. The molecule has 0 aliphatic carbocycles. The zero-order valence-corrected chi connectivity index (χ0v) is 23.7. The number of carbonyl (C=O) groups excluding carboxylic acids is 1. The van der Waals surface area contributed by atoms with Crippen LogP contribution in [-0.2, 0) is 0 Å². The van der Waals surface area contributed by atoms with Gasteiger partial charge in [0.25, 0.3) is 11.5 Å². The molecule has 0 saturated carbocycles. The predicted octanol–water partition coefficient (Wildman–Crippen LogP) is 4.87. The number of benzene rings is 1. The normalized spacial score (nSPS) is 15.5. The van der Waals surface area contributed by atoms with Crippen LogP contribution >= 0.6 is 0 Å². The average molecular weight is 532 g/mol. The molecule has 1 aliphatic rings. The monoisotopic (exact) mass is 531 g/mol. The summed E-state index contributed by atoms with van der Waals surface area (Å²) in [6.07, 6.45) is 11.9. The third-order valence-electron chi connectivity index (χ3n) is 6.83. The Morgan fingerprint density at radius 3 is 2.59 bits per heavy atom. The van der Waals surface area contributed by atoms with Gasteiger partial charge in [-0.05, 0) is 61.3 Å². The summed E-state index contributed by atoms with van der Waals surface area (Å²) in [4.78, 5) is 32.7. The Bertz CT molecular complexity index is 1390. The summed E-state index contributed by atoms with van der Waals surface area (Å²) < 4.78 is 16.6. The minimum absolute atomic E-state index is 0.0927. The summed E-state index contributed by atoms with van der Waals surface area (Å²) >= 11 is 0. The van der Waals surface area contributed by atoms with Gasteiger partial charge in [-0.25, -0.2) is 4.39 Å². The van der Waals surface area contributed by atoms with Gasteiger partial charge in [0.15, 0.2) is 0 Å². The summed E-state index contributed by atoms with van der Waals surface area (Å²) in [5.41, 5.74) is 4.55. The van der Waals surface area contributed by atoms with E-state index < -0.39 is 0 Å². The van der Waals surface area contributed by atoms with Crippen LogP contribution < -0.4 is 10.9 Å². The molecule has 3 rings (SSSR count). The third-order valence-corrected chi connectivity index (χ3v) is 6.83. The highest BCUT2D eigenvalue weighted by Gasteiger charge is 2.21. The first-order chi connectivity index (χ1) is 18.6. The molecule has 1 aliphatic heterocycles.